The van der Waals surface area contributed by atoms with Crippen molar-refractivity contribution in [3.8, 4) is 0 Å². The van der Waals surface area contributed by atoms with Crippen molar-refractivity contribution in [2.24, 2.45) is 0 Å². The Morgan fingerprint density at radius 2 is 1.50 bits per heavy atom. The summed E-state index contributed by atoms with van der Waals surface area (Å²) in [7, 11) is 1.33. The normalized spacial score (nSPS) is 20.5. The zero-order valence-corrected chi connectivity index (χ0v) is 23.5. The van der Waals surface area contributed by atoms with Gasteiger partial charge >= 0.3 is 18.4 Å². The maximum Gasteiger partial charge on any atom is 0.416 e. The Bertz CT molecular complexity index is 1270. The second-order valence-electron chi connectivity index (χ2n) is 11.0. The summed E-state index contributed by atoms with van der Waals surface area (Å²) in [6.45, 7) is 5.51. The number of urea groups is 1. The van der Waals surface area contributed by atoms with E-state index in [-0.39, 0.29) is 30.1 Å². The van der Waals surface area contributed by atoms with E-state index < -0.39 is 47.9 Å². The van der Waals surface area contributed by atoms with Gasteiger partial charge in [-0.25, -0.2) is 9.18 Å². The van der Waals surface area contributed by atoms with E-state index >= 15 is 0 Å². The van der Waals surface area contributed by atoms with E-state index in [2.05, 4.69) is 4.90 Å². The van der Waals surface area contributed by atoms with Gasteiger partial charge in [0.05, 0.1) is 17.2 Å². The van der Waals surface area contributed by atoms with E-state index in [1.165, 1.54) is 26.1 Å². The van der Waals surface area contributed by atoms with Crippen LogP contribution in [-0.2, 0) is 23.7 Å². The molecule has 0 radical (unpaired) electrons. The Morgan fingerprint density at radius 1 is 0.905 bits per heavy atom. The third-order valence-electron chi connectivity index (χ3n) is 8.08. The molecule has 13 heteroatoms. The number of rotatable bonds is 4. The molecule has 0 aromatic heterocycles. The number of likely N-dealkylation sites (tertiary alicyclic amines) is 1. The third kappa shape index (κ3) is 7.16. The number of piperidine rings is 1. The first-order chi connectivity index (χ1) is 19.5. The molecule has 2 heterocycles. The van der Waals surface area contributed by atoms with Crippen LogP contribution >= 0.6 is 0 Å². The highest BCUT2D eigenvalue weighted by Gasteiger charge is 2.39. The summed E-state index contributed by atoms with van der Waals surface area (Å²) in [5.41, 5.74) is -1.86. The molecule has 2 aromatic carbocycles. The number of hydrogen-bond donors (Lipinski definition) is 0. The van der Waals surface area contributed by atoms with Crippen LogP contribution in [0.5, 0.6) is 0 Å². The van der Waals surface area contributed by atoms with Crippen molar-refractivity contribution in [1.82, 2.24) is 19.6 Å². The number of halogens is 7. The number of alkyl halides is 6. The molecule has 2 aromatic rings. The fraction of sp³-hybridized carbons (Fsp3) is 0.517. The van der Waals surface area contributed by atoms with Crippen molar-refractivity contribution in [2.75, 3.05) is 39.8 Å². The fourth-order valence-electron chi connectivity index (χ4n) is 5.89. The van der Waals surface area contributed by atoms with Crippen LogP contribution in [-0.4, -0.2) is 77.4 Å². The topological polar surface area (TPSA) is 47.1 Å². The number of carbonyl (C=O) groups is 2. The van der Waals surface area contributed by atoms with Crippen LogP contribution in [0.3, 0.4) is 0 Å². The molecule has 2 unspecified atom stereocenters. The molecule has 0 saturated carbocycles. The molecule has 0 spiro atoms. The first kappa shape index (κ1) is 31.6. The molecule has 2 aliphatic rings. The Kier molecular flexibility index (Phi) is 9.10. The van der Waals surface area contributed by atoms with Crippen LogP contribution in [0, 0.1) is 12.7 Å². The van der Waals surface area contributed by atoms with Crippen LogP contribution in [0.15, 0.2) is 36.4 Å². The van der Waals surface area contributed by atoms with Gasteiger partial charge in [0.15, 0.2) is 0 Å². The first-order valence-electron chi connectivity index (χ1n) is 13.6. The Hall–Kier alpha value is -3.35. The van der Waals surface area contributed by atoms with E-state index in [4.69, 9.17) is 0 Å². The molecule has 42 heavy (non-hydrogen) atoms. The summed E-state index contributed by atoms with van der Waals surface area (Å²) in [4.78, 5) is 32.1. The molecule has 4 rings (SSSR count). The van der Waals surface area contributed by atoms with Gasteiger partial charge in [-0.3, -0.25) is 9.69 Å². The van der Waals surface area contributed by atoms with Crippen LogP contribution in [0.4, 0.5) is 35.5 Å². The smallest absolute Gasteiger partial charge is 0.340 e. The van der Waals surface area contributed by atoms with Gasteiger partial charge in [0, 0.05) is 59.3 Å². The van der Waals surface area contributed by atoms with Gasteiger partial charge in [-0.05, 0) is 66.8 Å². The number of carbonyl (C=O) groups excluding carboxylic acids is 2. The summed E-state index contributed by atoms with van der Waals surface area (Å²) in [6.07, 6.45) is -8.92. The second kappa shape index (κ2) is 12.1. The maximum atomic E-state index is 14.0. The lowest BCUT2D eigenvalue weighted by atomic mass is 9.88. The molecule has 0 bridgehead atoms. The maximum absolute atomic E-state index is 14.0. The van der Waals surface area contributed by atoms with Crippen LogP contribution in [0.1, 0.15) is 53.6 Å². The Morgan fingerprint density at radius 3 is 2.02 bits per heavy atom. The molecular formula is C29H33F7N4O2. The van der Waals surface area contributed by atoms with E-state index in [9.17, 15) is 40.3 Å². The average Bonchev–Trinajstić information content (AvgIpc) is 2.91. The van der Waals surface area contributed by atoms with Crippen molar-refractivity contribution < 1.29 is 40.3 Å². The first-order valence-corrected chi connectivity index (χ1v) is 13.6. The lowest BCUT2D eigenvalue weighted by molar-refractivity contribution is -0.143. The number of piperazine rings is 1. The van der Waals surface area contributed by atoms with Gasteiger partial charge in [0.2, 0.25) is 5.91 Å². The standard InChI is InChI=1S/C29H33F7N4O2/c1-18-12-23(30)4-5-25(18)26-16-24(39-10-8-38(9-11-39)19(2)41)6-7-40(26)27(42)37(3)17-20-13-21(28(31,32)33)15-22(14-20)29(34,35)36/h4-5,12-15,24,26H,6-11,16-17H2,1-3H3. The van der Waals surface area contributed by atoms with Gasteiger partial charge < -0.3 is 14.7 Å². The number of aryl methyl sites for hydroxylation is 1. The van der Waals surface area contributed by atoms with Crippen LogP contribution in [0.25, 0.3) is 0 Å². The number of amides is 3. The lowest BCUT2D eigenvalue weighted by Crippen LogP contribution is -2.56. The van der Waals surface area contributed by atoms with Crippen molar-refractivity contribution in [2.45, 2.75) is 57.7 Å². The number of hydrogen-bond acceptors (Lipinski definition) is 3. The van der Waals surface area contributed by atoms with Crippen LogP contribution in [0.2, 0.25) is 0 Å². The highest BCUT2D eigenvalue weighted by Crippen LogP contribution is 2.38. The molecule has 6 nitrogen and oxygen atoms in total. The minimum Gasteiger partial charge on any atom is -0.340 e. The summed E-state index contributed by atoms with van der Waals surface area (Å²) >= 11 is 0. The van der Waals surface area contributed by atoms with Gasteiger partial charge in [0.1, 0.15) is 5.82 Å². The molecule has 0 aliphatic carbocycles. The molecule has 2 fully saturated rings. The lowest BCUT2D eigenvalue weighted by Gasteiger charge is -2.47. The van der Waals surface area contributed by atoms with E-state index in [1.54, 1.807) is 22.8 Å². The molecule has 2 saturated heterocycles. The van der Waals surface area contributed by atoms with Gasteiger partial charge in [-0.1, -0.05) is 6.07 Å². The van der Waals surface area contributed by atoms with Gasteiger partial charge in [0.25, 0.3) is 0 Å². The highest BCUT2D eigenvalue weighted by molar-refractivity contribution is 5.75. The largest absolute Gasteiger partial charge is 0.416 e. The van der Waals surface area contributed by atoms with Gasteiger partial charge in [-0.15, -0.1) is 0 Å². The molecular weight excluding hydrogens is 569 g/mol. The SMILES string of the molecule is CC(=O)N1CCN(C2CCN(C(=O)N(C)Cc3cc(C(F)(F)F)cc(C(F)(F)F)c3)C(c3ccc(F)cc3C)C2)CC1. The van der Waals surface area contributed by atoms with Crippen LogP contribution < -0.4 is 0 Å². The summed E-state index contributed by atoms with van der Waals surface area (Å²) in [5.74, 6) is -0.440. The van der Waals surface area contributed by atoms with E-state index in [0.29, 0.717) is 62.3 Å². The predicted octanol–water partition coefficient (Wildman–Crippen LogP) is 6.09. The number of nitrogens with zero attached hydrogens (tertiary/aromatic N) is 4. The van der Waals surface area contributed by atoms with Crippen molar-refractivity contribution in [3.63, 3.8) is 0 Å². The van der Waals surface area contributed by atoms with Gasteiger partial charge in [-0.2, -0.15) is 26.3 Å². The molecule has 230 valence electrons. The Labute approximate surface area is 239 Å². The average molecular weight is 603 g/mol. The monoisotopic (exact) mass is 602 g/mol. The zero-order chi connectivity index (χ0) is 31.0. The zero-order valence-electron chi connectivity index (χ0n) is 23.5. The third-order valence-corrected chi connectivity index (χ3v) is 8.08. The fourth-order valence-corrected chi connectivity index (χ4v) is 5.89. The molecule has 2 atom stereocenters. The van der Waals surface area contributed by atoms with Crippen molar-refractivity contribution in [3.05, 3.63) is 70.0 Å². The van der Waals surface area contributed by atoms with E-state index in [0.717, 1.165) is 4.90 Å². The molecule has 2 aliphatic heterocycles. The second-order valence-corrected chi connectivity index (χ2v) is 11.0. The summed E-state index contributed by atoms with van der Waals surface area (Å²) < 4.78 is 94.2. The minimum atomic E-state index is -5.00. The van der Waals surface area contributed by atoms with Crippen molar-refractivity contribution in [1.29, 1.82) is 0 Å². The molecule has 3 amide bonds. The Balaban J connectivity index is 1.58. The number of benzene rings is 2. The minimum absolute atomic E-state index is 0.000964. The quantitative estimate of drug-likeness (QED) is 0.398. The summed E-state index contributed by atoms with van der Waals surface area (Å²) in [5, 5.41) is 0. The molecule has 0 N–H and O–H groups in total. The highest BCUT2D eigenvalue weighted by atomic mass is 19.4. The predicted molar refractivity (Wildman–Crippen MR) is 141 cm³/mol. The van der Waals surface area contributed by atoms with E-state index in [1.807, 2.05) is 0 Å². The summed E-state index contributed by atoms with van der Waals surface area (Å²) in [6, 6.07) is 4.55. The van der Waals surface area contributed by atoms with Crippen molar-refractivity contribution >= 4 is 11.9 Å².